The molecule has 9 heteroatoms. The zero-order chi connectivity index (χ0) is 15.1. The molecule has 0 amide bonds. The number of fused-ring (bicyclic) bond motifs is 1. The van der Waals surface area contributed by atoms with Gasteiger partial charge < -0.3 is 20.3 Å². The molecule has 1 aliphatic rings. The van der Waals surface area contributed by atoms with Gasteiger partial charge in [-0.3, -0.25) is 4.57 Å². The van der Waals surface area contributed by atoms with Gasteiger partial charge in [-0.05, 0) is 22.4 Å². The second kappa shape index (κ2) is 5.39. The van der Waals surface area contributed by atoms with E-state index in [9.17, 15) is 5.11 Å². The van der Waals surface area contributed by atoms with Crippen molar-refractivity contribution >= 4 is 33.0 Å². The van der Waals surface area contributed by atoms with Crippen molar-refractivity contribution in [1.82, 2.24) is 19.5 Å². The number of rotatable bonds is 3. The third kappa shape index (κ3) is 2.34. The molecule has 3 N–H and O–H groups in total. The van der Waals surface area contributed by atoms with Crippen molar-refractivity contribution in [3.63, 3.8) is 0 Å². The largest absolute Gasteiger partial charge is 0.479 e. The van der Waals surface area contributed by atoms with E-state index in [4.69, 9.17) is 15.2 Å². The molecule has 0 spiro atoms. The Morgan fingerprint density at radius 2 is 2.24 bits per heavy atom. The molecule has 0 bridgehead atoms. The van der Waals surface area contributed by atoms with E-state index in [2.05, 4.69) is 37.8 Å². The molecule has 21 heavy (non-hydrogen) atoms. The summed E-state index contributed by atoms with van der Waals surface area (Å²) in [6.07, 6.45) is 0.307. The highest BCUT2D eigenvalue weighted by Gasteiger charge is 2.36. The summed E-state index contributed by atoms with van der Waals surface area (Å²) in [5.41, 5.74) is 6.78. The number of methoxy groups -OCH3 is 1. The monoisotopic (exact) mass is 357 g/mol. The second-order valence-electron chi connectivity index (χ2n) is 5.06. The van der Waals surface area contributed by atoms with Crippen LogP contribution in [-0.2, 0) is 4.74 Å². The number of nitrogens with two attached hydrogens (primary N) is 1. The fourth-order valence-corrected chi connectivity index (χ4v) is 3.20. The van der Waals surface area contributed by atoms with Gasteiger partial charge in [-0.15, -0.1) is 0 Å². The first-order valence-electron chi connectivity index (χ1n) is 6.56. The average molecular weight is 358 g/mol. The van der Waals surface area contributed by atoms with E-state index in [1.165, 1.54) is 7.11 Å². The van der Waals surface area contributed by atoms with Gasteiger partial charge in [-0.2, -0.15) is 9.97 Å². The van der Waals surface area contributed by atoms with E-state index >= 15 is 0 Å². The SMILES string of the molecule is COc1nc(N)nc2c1nc(Br)n2C1OC(CO)CC1C. The van der Waals surface area contributed by atoms with Crippen LogP contribution in [0.25, 0.3) is 11.2 Å². The Morgan fingerprint density at radius 3 is 2.86 bits per heavy atom. The van der Waals surface area contributed by atoms with Crippen molar-refractivity contribution in [2.45, 2.75) is 25.7 Å². The molecular formula is C12H16BrN5O3. The van der Waals surface area contributed by atoms with Gasteiger partial charge in [0.05, 0.1) is 19.8 Å². The first-order valence-corrected chi connectivity index (χ1v) is 7.35. The molecule has 0 radical (unpaired) electrons. The molecular weight excluding hydrogens is 342 g/mol. The number of hydrogen-bond acceptors (Lipinski definition) is 7. The molecule has 3 heterocycles. The summed E-state index contributed by atoms with van der Waals surface area (Å²) in [6.45, 7) is 2.05. The molecule has 1 saturated heterocycles. The number of aliphatic hydroxyl groups excluding tert-OH is 1. The molecule has 8 nitrogen and oxygen atoms in total. The molecule has 0 aliphatic carbocycles. The molecule has 114 valence electrons. The fraction of sp³-hybridized carbons (Fsp3) is 0.583. The average Bonchev–Trinajstić information content (AvgIpc) is 2.97. The summed E-state index contributed by atoms with van der Waals surface area (Å²) < 4.78 is 13.4. The molecule has 1 fully saturated rings. The van der Waals surface area contributed by atoms with Crippen molar-refractivity contribution in [1.29, 1.82) is 0 Å². The number of ether oxygens (including phenoxy) is 2. The van der Waals surface area contributed by atoms with E-state index in [1.807, 2.05) is 4.57 Å². The predicted molar refractivity (Wildman–Crippen MR) is 78.8 cm³/mol. The molecule has 3 rings (SSSR count). The Labute approximate surface area is 129 Å². The van der Waals surface area contributed by atoms with E-state index in [1.54, 1.807) is 0 Å². The van der Waals surface area contributed by atoms with E-state index in [0.29, 0.717) is 21.8 Å². The van der Waals surface area contributed by atoms with Gasteiger partial charge in [0.15, 0.2) is 15.9 Å². The Morgan fingerprint density at radius 1 is 1.48 bits per heavy atom. The van der Waals surface area contributed by atoms with Crippen LogP contribution in [0.4, 0.5) is 5.95 Å². The van der Waals surface area contributed by atoms with Crippen LogP contribution < -0.4 is 10.5 Å². The number of hydrogen-bond donors (Lipinski definition) is 2. The molecule has 3 atom stereocenters. The Kier molecular flexibility index (Phi) is 3.72. The van der Waals surface area contributed by atoms with Crippen molar-refractivity contribution in [3.8, 4) is 5.88 Å². The minimum absolute atomic E-state index is 0.00840. The second-order valence-corrected chi connectivity index (χ2v) is 5.77. The van der Waals surface area contributed by atoms with Gasteiger partial charge in [0.2, 0.25) is 11.8 Å². The highest BCUT2D eigenvalue weighted by molar-refractivity contribution is 9.10. The van der Waals surface area contributed by atoms with Crippen LogP contribution in [0.1, 0.15) is 19.6 Å². The number of aromatic nitrogens is 4. The summed E-state index contributed by atoms with van der Waals surface area (Å²) in [5.74, 6) is 0.636. The maximum atomic E-state index is 9.28. The zero-order valence-corrected chi connectivity index (χ0v) is 13.2. The third-order valence-corrected chi connectivity index (χ3v) is 4.15. The lowest BCUT2D eigenvalue weighted by Gasteiger charge is -2.18. The van der Waals surface area contributed by atoms with E-state index in [-0.39, 0.29) is 30.8 Å². The lowest BCUT2D eigenvalue weighted by molar-refractivity contribution is -0.0305. The maximum absolute atomic E-state index is 9.28. The van der Waals surface area contributed by atoms with Crippen molar-refractivity contribution in [2.24, 2.45) is 5.92 Å². The van der Waals surface area contributed by atoms with Gasteiger partial charge in [-0.25, -0.2) is 4.98 Å². The number of imidazole rings is 1. The topological polar surface area (TPSA) is 108 Å². The third-order valence-electron chi connectivity index (χ3n) is 3.59. The first kappa shape index (κ1) is 14.5. The molecule has 2 aromatic heterocycles. The highest BCUT2D eigenvalue weighted by atomic mass is 79.9. The summed E-state index contributed by atoms with van der Waals surface area (Å²) in [4.78, 5) is 12.7. The number of anilines is 1. The van der Waals surface area contributed by atoms with Gasteiger partial charge in [0.25, 0.3) is 0 Å². The summed E-state index contributed by atoms with van der Waals surface area (Å²) in [6, 6.07) is 0. The van der Waals surface area contributed by atoms with Gasteiger partial charge in [-0.1, -0.05) is 6.92 Å². The van der Waals surface area contributed by atoms with E-state index in [0.717, 1.165) is 6.42 Å². The molecule has 3 unspecified atom stereocenters. The molecule has 0 aromatic carbocycles. The van der Waals surface area contributed by atoms with Crippen LogP contribution in [0.15, 0.2) is 4.73 Å². The predicted octanol–water partition coefficient (Wildman–Crippen LogP) is 1.10. The quantitative estimate of drug-likeness (QED) is 0.791. The number of nitrogens with zero attached hydrogens (tertiary/aromatic N) is 4. The van der Waals surface area contributed by atoms with Crippen LogP contribution in [-0.4, -0.2) is 44.4 Å². The zero-order valence-electron chi connectivity index (χ0n) is 11.7. The van der Waals surface area contributed by atoms with Gasteiger partial charge >= 0.3 is 0 Å². The molecule has 2 aromatic rings. The van der Waals surface area contributed by atoms with Crippen molar-refractivity contribution in [3.05, 3.63) is 4.73 Å². The van der Waals surface area contributed by atoms with Crippen LogP contribution in [0, 0.1) is 5.92 Å². The Bertz CT molecular complexity index is 676. The lowest BCUT2D eigenvalue weighted by Crippen LogP contribution is -2.16. The maximum Gasteiger partial charge on any atom is 0.247 e. The highest BCUT2D eigenvalue weighted by Crippen LogP contribution is 2.38. The number of halogens is 1. The smallest absolute Gasteiger partial charge is 0.247 e. The van der Waals surface area contributed by atoms with Gasteiger partial charge in [0, 0.05) is 5.92 Å². The molecule has 0 saturated carbocycles. The van der Waals surface area contributed by atoms with Crippen LogP contribution in [0.3, 0.4) is 0 Å². The minimum atomic E-state index is -0.277. The Hall–Kier alpha value is -1.45. The standard InChI is InChI=1S/C12H16BrN5O3/c1-5-3-6(4-19)21-10(5)18-8-7(15-11(18)13)9(20-2)17-12(14)16-8/h5-6,10,19H,3-4H2,1-2H3,(H2,14,16,17). The fourth-order valence-electron chi connectivity index (χ4n) is 2.66. The minimum Gasteiger partial charge on any atom is -0.479 e. The normalized spacial score (nSPS) is 25.6. The van der Waals surface area contributed by atoms with Crippen LogP contribution in [0.2, 0.25) is 0 Å². The van der Waals surface area contributed by atoms with Crippen molar-refractivity contribution in [2.75, 3.05) is 19.5 Å². The first-order chi connectivity index (χ1) is 10.0. The number of aliphatic hydroxyl groups is 1. The van der Waals surface area contributed by atoms with E-state index < -0.39 is 0 Å². The molecule has 1 aliphatic heterocycles. The van der Waals surface area contributed by atoms with Crippen LogP contribution >= 0.6 is 15.9 Å². The van der Waals surface area contributed by atoms with Crippen molar-refractivity contribution < 1.29 is 14.6 Å². The lowest BCUT2D eigenvalue weighted by atomic mass is 10.1. The van der Waals surface area contributed by atoms with Crippen LogP contribution in [0.5, 0.6) is 5.88 Å². The Balaban J connectivity index is 2.14. The summed E-state index contributed by atoms with van der Waals surface area (Å²) >= 11 is 3.42. The summed E-state index contributed by atoms with van der Waals surface area (Å²) in [5, 5.41) is 9.28. The van der Waals surface area contributed by atoms with Gasteiger partial charge in [0.1, 0.15) is 6.23 Å². The number of nitrogen functional groups attached to an aromatic ring is 1. The summed E-state index contributed by atoms with van der Waals surface area (Å²) in [7, 11) is 1.50.